The number of rotatable bonds is 3. The molecule has 2 unspecified atom stereocenters. The van der Waals surface area contributed by atoms with Crippen LogP contribution < -0.4 is 5.32 Å². The Morgan fingerprint density at radius 2 is 1.88 bits per heavy atom. The van der Waals surface area contributed by atoms with E-state index in [1.165, 1.54) is 0 Å². The molecule has 5 nitrogen and oxygen atoms in total. The lowest BCUT2D eigenvalue weighted by Gasteiger charge is -2.29. The van der Waals surface area contributed by atoms with E-state index in [2.05, 4.69) is 5.32 Å². The van der Waals surface area contributed by atoms with E-state index in [-0.39, 0.29) is 12.1 Å². The third-order valence-electron chi connectivity index (χ3n) is 2.79. The van der Waals surface area contributed by atoms with Crippen LogP contribution in [0.2, 0.25) is 0 Å². The average Bonchev–Trinajstić information content (AvgIpc) is 2.28. The molecular weight excluding hydrogens is 228 g/mol. The van der Waals surface area contributed by atoms with Gasteiger partial charge in [-0.15, -0.1) is 0 Å². The zero-order valence-electron chi connectivity index (χ0n) is 9.60. The maximum atomic E-state index is 11.7. The number of hydrogen-bond donors (Lipinski definition) is 2. The minimum absolute atomic E-state index is 0.152. The summed E-state index contributed by atoms with van der Waals surface area (Å²) in [5.41, 5.74) is 0. The Labute approximate surface area is 99.6 Å². The molecule has 0 saturated carbocycles. The minimum Gasteiger partial charge on any atom is -0.481 e. The molecule has 0 aromatic rings. The van der Waals surface area contributed by atoms with E-state index in [4.69, 9.17) is 5.11 Å². The van der Waals surface area contributed by atoms with Crippen molar-refractivity contribution in [3.05, 3.63) is 0 Å². The highest BCUT2D eigenvalue weighted by Gasteiger charge is 2.24. The first-order valence-corrected chi connectivity index (χ1v) is 6.54. The molecule has 0 radical (unpaired) electrons. The second kappa shape index (κ2) is 5.98. The zero-order valence-corrected chi connectivity index (χ0v) is 10.4. The van der Waals surface area contributed by atoms with Crippen molar-refractivity contribution in [2.75, 3.05) is 24.6 Å². The molecule has 1 heterocycles. The summed E-state index contributed by atoms with van der Waals surface area (Å²) in [5, 5.41) is 11.5. The van der Waals surface area contributed by atoms with Crippen LogP contribution in [-0.2, 0) is 4.79 Å². The van der Waals surface area contributed by atoms with Crippen LogP contribution in [0.1, 0.15) is 13.8 Å². The molecule has 0 aromatic heterocycles. The van der Waals surface area contributed by atoms with Gasteiger partial charge in [-0.2, -0.15) is 11.8 Å². The predicted octanol–water partition coefficient (Wildman–Crippen LogP) is 0.854. The van der Waals surface area contributed by atoms with Crippen molar-refractivity contribution in [1.29, 1.82) is 0 Å². The molecule has 1 saturated heterocycles. The van der Waals surface area contributed by atoms with Crippen LogP contribution in [0.5, 0.6) is 0 Å². The molecule has 1 aliphatic rings. The van der Waals surface area contributed by atoms with Crippen molar-refractivity contribution in [3.8, 4) is 0 Å². The molecule has 92 valence electrons. The summed E-state index contributed by atoms with van der Waals surface area (Å²) in [6, 6.07) is -0.500. The van der Waals surface area contributed by atoms with Gasteiger partial charge < -0.3 is 15.3 Å². The molecule has 6 heteroatoms. The average molecular weight is 246 g/mol. The number of aliphatic carboxylic acids is 1. The number of nitrogens with one attached hydrogen (secondary N) is 1. The summed E-state index contributed by atoms with van der Waals surface area (Å²) >= 11 is 1.83. The van der Waals surface area contributed by atoms with E-state index in [9.17, 15) is 9.59 Å². The lowest BCUT2D eigenvalue weighted by molar-refractivity contribution is -0.141. The molecule has 1 fully saturated rings. The van der Waals surface area contributed by atoms with Crippen molar-refractivity contribution >= 4 is 23.8 Å². The predicted molar refractivity (Wildman–Crippen MR) is 63.7 cm³/mol. The highest BCUT2D eigenvalue weighted by atomic mass is 32.2. The fraction of sp³-hybridized carbons (Fsp3) is 0.800. The summed E-state index contributed by atoms with van der Waals surface area (Å²) < 4.78 is 0. The Morgan fingerprint density at radius 3 is 2.38 bits per heavy atom. The van der Waals surface area contributed by atoms with E-state index in [0.29, 0.717) is 0 Å². The van der Waals surface area contributed by atoms with Crippen molar-refractivity contribution < 1.29 is 14.7 Å². The number of carbonyl (C=O) groups excluding carboxylic acids is 1. The Bertz CT molecular complexity index is 267. The van der Waals surface area contributed by atoms with Gasteiger partial charge in [0.15, 0.2) is 0 Å². The molecule has 0 aromatic carbocycles. The van der Waals surface area contributed by atoms with Crippen LogP contribution in [0.4, 0.5) is 4.79 Å². The second-order valence-electron chi connectivity index (χ2n) is 3.96. The quantitative estimate of drug-likeness (QED) is 0.774. The fourth-order valence-electron chi connectivity index (χ4n) is 1.39. The van der Waals surface area contributed by atoms with Gasteiger partial charge in [-0.25, -0.2) is 4.79 Å². The maximum Gasteiger partial charge on any atom is 0.317 e. The lowest BCUT2D eigenvalue weighted by atomic mass is 10.0. The molecule has 1 rings (SSSR count). The molecule has 16 heavy (non-hydrogen) atoms. The smallest absolute Gasteiger partial charge is 0.317 e. The Balaban J connectivity index is 2.40. The van der Waals surface area contributed by atoms with Crippen LogP contribution in [0.25, 0.3) is 0 Å². The van der Waals surface area contributed by atoms with Crippen molar-refractivity contribution in [2.24, 2.45) is 5.92 Å². The summed E-state index contributed by atoms with van der Waals surface area (Å²) in [4.78, 5) is 24.2. The SMILES string of the molecule is CC(NC(=O)N1CCSCC1)C(C)C(=O)O. The summed E-state index contributed by atoms with van der Waals surface area (Å²) in [6.07, 6.45) is 0. The Hall–Kier alpha value is -0.910. The van der Waals surface area contributed by atoms with Crippen LogP contribution >= 0.6 is 11.8 Å². The van der Waals surface area contributed by atoms with Crippen LogP contribution in [0.15, 0.2) is 0 Å². The molecule has 2 N–H and O–H groups in total. The Kier molecular flexibility index (Phi) is 4.92. The first-order valence-electron chi connectivity index (χ1n) is 5.38. The monoisotopic (exact) mass is 246 g/mol. The number of urea groups is 1. The summed E-state index contributed by atoms with van der Waals surface area (Å²) in [7, 11) is 0. The normalized spacial score (nSPS) is 20.0. The van der Waals surface area contributed by atoms with E-state index in [1.807, 2.05) is 11.8 Å². The number of thioether (sulfide) groups is 1. The van der Waals surface area contributed by atoms with E-state index in [0.717, 1.165) is 24.6 Å². The molecule has 1 aliphatic heterocycles. The molecule has 0 bridgehead atoms. The van der Waals surface area contributed by atoms with Crippen LogP contribution in [0.3, 0.4) is 0 Å². The first kappa shape index (κ1) is 13.2. The summed E-state index contributed by atoms with van der Waals surface area (Å²) in [6.45, 7) is 4.80. The zero-order chi connectivity index (χ0) is 12.1. The van der Waals surface area contributed by atoms with Crippen molar-refractivity contribution in [2.45, 2.75) is 19.9 Å². The van der Waals surface area contributed by atoms with Gasteiger partial charge in [-0.3, -0.25) is 4.79 Å². The summed E-state index contributed by atoms with van der Waals surface area (Å²) in [5.74, 6) is 0.456. The highest BCUT2D eigenvalue weighted by Crippen LogP contribution is 2.10. The minimum atomic E-state index is -0.887. The molecule has 0 aliphatic carbocycles. The maximum absolute atomic E-state index is 11.7. The number of carboxylic acid groups (broad SMARTS) is 1. The Morgan fingerprint density at radius 1 is 1.31 bits per heavy atom. The molecule has 0 spiro atoms. The van der Waals surface area contributed by atoms with E-state index < -0.39 is 11.9 Å². The van der Waals surface area contributed by atoms with Crippen molar-refractivity contribution in [3.63, 3.8) is 0 Å². The van der Waals surface area contributed by atoms with Gasteiger partial charge in [0.2, 0.25) is 0 Å². The topological polar surface area (TPSA) is 69.6 Å². The van der Waals surface area contributed by atoms with Gasteiger partial charge >= 0.3 is 12.0 Å². The third-order valence-corrected chi connectivity index (χ3v) is 3.73. The molecular formula is C10H18N2O3S. The van der Waals surface area contributed by atoms with Gasteiger partial charge in [0.1, 0.15) is 0 Å². The van der Waals surface area contributed by atoms with Gasteiger partial charge in [0.25, 0.3) is 0 Å². The number of carbonyl (C=O) groups is 2. The number of amides is 2. The van der Waals surface area contributed by atoms with Crippen LogP contribution in [-0.4, -0.2) is 52.6 Å². The van der Waals surface area contributed by atoms with Gasteiger partial charge in [-0.1, -0.05) is 0 Å². The number of nitrogens with zero attached hydrogens (tertiary/aromatic N) is 1. The van der Waals surface area contributed by atoms with Gasteiger partial charge in [-0.05, 0) is 13.8 Å². The second-order valence-corrected chi connectivity index (χ2v) is 5.19. The van der Waals surface area contributed by atoms with E-state index >= 15 is 0 Å². The number of hydrogen-bond acceptors (Lipinski definition) is 3. The lowest BCUT2D eigenvalue weighted by Crippen LogP contribution is -2.49. The standard InChI is InChI=1S/C10H18N2O3S/c1-7(9(13)14)8(2)11-10(15)12-3-5-16-6-4-12/h7-8H,3-6H2,1-2H3,(H,11,15)(H,13,14). The fourth-order valence-corrected chi connectivity index (χ4v) is 2.29. The molecule has 2 amide bonds. The largest absolute Gasteiger partial charge is 0.481 e. The van der Waals surface area contributed by atoms with Crippen molar-refractivity contribution in [1.82, 2.24) is 10.2 Å². The first-order chi connectivity index (χ1) is 7.52. The highest BCUT2D eigenvalue weighted by molar-refractivity contribution is 7.99. The third kappa shape index (κ3) is 3.59. The van der Waals surface area contributed by atoms with E-state index in [1.54, 1.807) is 18.7 Å². The van der Waals surface area contributed by atoms with Crippen LogP contribution in [0, 0.1) is 5.92 Å². The van der Waals surface area contributed by atoms with Gasteiger partial charge in [0, 0.05) is 30.6 Å². The molecule has 2 atom stereocenters. The van der Waals surface area contributed by atoms with Gasteiger partial charge in [0.05, 0.1) is 5.92 Å². The number of carboxylic acids is 1.